The number of fused-ring (bicyclic) bond motifs is 1. The van der Waals surface area contributed by atoms with E-state index >= 15 is 0 Å². The molecular formula is C24H21FN4O5S. The summed E-state index contributed by atoms with van der Waals surface area (Å²) >= 11 is 0. The van der Waals surface area contributed by atoms with E-state index in [4.69, 9.17) is 9.47 Å². The molecule has 2 amide bonds. The first-order chi connectivity index (χ1) is 16.7. The Morgan fingerprint density at radius 2 is 1.54 bits per heavy atom. The maximum absolute atomic E-state index is 13.0. The molecule has 0 atom stereocenters. The number of halogens is 1. The molecule has 1 heterocycles. The second-order valence-electron chi connectivity index (χ2n) is 7.47. The maximum Gasteiger partial charge on any atom is 0.323 e. The normalized spacial score (nSPS) is 11.1. The zero-order valence-corrected chi connectivity index (χ0v) is 19.5. The van der Waals surface area contributed by atoms with Crippen molar-refractivity contribution in [2.24, 2.45) is 0 Å². The minimum Gasteiger partial charge on any atom is -0.494 e. The number of amides is 2. The summed E-state index contributed by atoms with van der Waals surface area (Å²) in [4.78, 5) is 16.5. The van der Waals surface area contributed by atoms with E-state index in [0.717, 1.165) is 6.26 Å². The highest BCUT2D eigenvalue weighted by molar-refractivity contribution is 7.92. The average molecular weight is 497 g/mol. The molecule has 35 heavy (non-hydrogen) atoms. The van der Waals surface area contributed by atoms with Crippen LogP contribution in [-0.4, -0.2) is 32.8 Å². The van der Waals surface area contributed by atoms with E-state index in [1.54, 1.807) is 48.7 Å². The second kappa shape index (κ2) is 9.85. The largest absolute Gasteiger partial charge is 0.494 e. The lowest BCUT2D eigenvalue weighted by Gasteiger charge is -2.14. The third kappa shape index (κ3) is 6.15. The fourth-order valence-electron chi connectivity index (χ4n) is 3.25. The topological polar surface area (TPSA) is 119 Å². The number of anilines is 3. The number of benzene rings is 3. The molecule has 9 nitrogen and oxygen atoms in total. The first-order valence-electron chi connectivity index (χ1n) is 10.3. The van der Waals surface area contributed by atoms with Gasteiger partial charge in [0, 0.05) is 29.0 Å². The SMILES string of the molecule is COc1cc2nccc(Oc3ccc(NC(=O)Nc4ccc(F)cc4)cc3)c2cc1NS(C)(=O)=O. The smallest absolute Gasteiger partial charge is 0.323 e. The molecule has 0 radical (unpaired) electrons. The van der Waals surface area contributed by atoms with Crippen molar-refractivity contribution in [2.45, 2.75) is 0 Å². The summed E-state index contributed by atoms with van der Waals surface area (Å²) < 4.78 is 50.2. The highest BCUT2D eigenvalue weighted by atomic mass is 32.2. The molecule has 0 aliphatic heterocycles. The number of nitrogens with zero attached hydrogens (tertiary/aromatic N) is 1. The van der Waals surface area contributed by atoms with Crippen LogP contribution in [0.15, 0.2) is 72.9 Å². The number of carbonyl (C=O) groups is 1. The van der Waals surface area contributed by atoms with Gasteiger partial charge in [0.2, 0.25) is 10.0 Å². The number of carbonyl (C=O) groups excluding carboxylic acids is 1. The Morgan fingerprint density at radius 1 is 0.914 bits per heavy atom. The van der Waals surface area contributed by atoms with Crippen LogP contribution in [0.2, 0.25) is 0 Å². The first kappa shape index (κ1) is 23.8. The van der Waals surface area contributed by atoms with Gasteiger partial charge in [0.15, 0.2) is 0 Å². The lowest BCUT2D eigenvalue weighted by atomic mass is 10.1. The van der Waals surface area contributed by atoms with Gasteiger partial charge in [-0.3, -0.25) is 9.71 Å². The Bertz CT molecular complexity index is 1480. The van der Waals surface area contributed by atoms with E-state index in [9.17, 15) is 17.6 Å². The predicted molar refractivity (Wildman–Crippen MR) is 132 cm³/mol. The third-order valence-electron chi connectivity index (χ3n) is 4.76. The van der Waals surface area contributed by atoms with Crippen molar-refractivity contribution < 1.29 is 27.1 Å². The summed E-state index contributed by atoms with van der Waals surface area (Å²) in [6.07, 6.45) is 2.61. The van der Waals surface area contributed by atoms with Crippen molar-refractivity contribution in [3.63, 3.8) is 0 Å². The molecule has 180 valence electrons. The van der Waals surface area contributed by atoms with Crippen LogP contribution in [0.1, 0.15) is 0 Å². The van der Waals surface area contributed by atoms with E-state index in [0.29, 0.717) is 39.5 Å². The molecule has 0 fully saturated rings. The number of nitrogens with one attached hydrogen (secondary N) is 3. The molecule has 3 aromatic carbocycles. The van der Waals surface area contributed by atoms with Gasteiger partial charge < -0.3 is 20.1 Å². The van der Waals surface area contributed by atoms with Gasteiger partial charge in [-0.2, -0.15) is 0 Å². The average Bonchev–Trinajstić information content (AvgIpc) is 2.81. The van der Waals surface area contributed by atoms with Crippen LogP contribution in [0.4, 0.5) is 26.2 Å². The Balaban J connectivity index is 1.51. The van der Waals surface area contributed by atoms with E-state index in [2.05, 4.69) is 20.3 Å². The monoisotopic (exact) mass is 496 g/mol. The summed E-state index contributed by atoms with van der Waals surface area (Å²) in [6, 6.07) is 16.4. The van der Waals surface area contributed by atoms with E-state index in [1.165, 1.54) is 31.4 Å². The second-order valence-corrected chi connectivity index (χ2v) is 9.21. The fraction of sp³-hybridized carbons (Fsp3) is 0.0833. The van der Waals surface area contributed by atoms with Gasteiger partial charge in [-0.25, -0.2) is 17.6 Å². The minimum atomic E-state index is -3.53. The molecule has 4 aromatic rings. The number of hydrogen-bond donors (Lipinski definition) is 3. The van der Waals surface area contributed by atoms with Crippen molar-refractivity contribution in [2.75, 3.05) is 28.7 Å². The van der Waals surface area contributed by atoms with Crippen LogP contribution in [-0.2, 0) is 10.0 Å². The van der Waals surface area contributed by atoms with Crippen molar-refractivity contribution in [3.8, 4) is 17.2 Å². The zero-order valence-electron chi connectivity index (χ0n) is 18.7. The number of urea groups is 1. The van der Waals surface area contributed by atoms with Crippen LogP contribution >= 0.6 is 0 Å². The predicted octanol–water partition coefficient (Wildman–Crippen LogP) is 5.19. The summed E-state index contributed by atoms with van der Waals surface area (Å²) in [7, 11) is -2.10. The zero-order chi connectivity index (χ0) is 25.0. The van der Waals surface area contributed by atoms with Gasteiger partial charge in [-0.05, 0) is 60.7 Å². The number of aromatic nitrogens is 1. The van der Waals surface area contributed by atoms with E-state index < -0.39 is 21.9 Å². The third-order valence-corrected chi connectivity index (χ3v) is 5.35. The van der Waals surface area contributed by atoms with E-state index in [1.807, 2.05) is 0 Å². The number of pyridine rings is 1. The van der Waals surface area contributed by atoms with Gasteiger partial charge >= 0.3 is 6.03 Å². The highest BCUT2D eigenvalue weighted by Gasteiger charge is 2.14. The minimum absolute atomic E-state index is 0.257. The molecule has 0 saturated carbocycles. The van der Waals surface area contributed by atoms with Gasteiger partial charge in [-0.15, -0.1) is 0 Å². The van der Waals surface area contributed by atoms with Crippen molar-refractivity contribution in [1.82, 2.24) is 4.98 Å². The quantitative estimate of drug-likeness (QED) is 0.324. The highest BCUT2D eigenvalue weighted by Crippen LogP contribution is 2.36. The van der Waals surface area contributed by atoms with Gasteiger partial charge in [0.25, 0.3) is 0 Å². The van der Waals surface area contributed by atoms with Gasteiger partial charge in [0.1, 0.15) is 23.1 Å². The van der Waals surface area contributed by atoms with Crippen molar-refractivity contribution >= 4 is 44.0 Å². The van der Waals surface area contributed by atoms with Crippen LogP contribution in [0.5, 0.6) is 17.2 Å². The molecule has 0 unspecified atom stereocenters. The Labute approximate surface area is 201 Å². The lowest BCUT2D eigenvalue weighted by Crippen LogP contribution is -2.19. The molecule has 0 aliphatic rings. The molecule has 0 aliphatic carbocycles. The van der Waals surface area contributed by atoms with Crippen molar-refractivity contribution in [3.05, 3.63) is 78.7 Å². The Kier molecular flexibility index (Phi) is 6.69. The van der Waals surface area contributed by atoms with Crippen molar-refractivity contribution in [1.29, 1.82) is 0 Å². The summed E-state index contributed by atoms with van der Waals surface area (Å²) in [5.74, 6) is 0.858. The number of hydrogen-bond acceptors (Lipinski definition) is 6. The summed E-state index contributed by atoms with van der Waals surface area (Å²) in [5.41, 5.74) is 1.77. The molecule has 1 aromatic heterocycles. The van der Waals surface area contributed by atoms with E-state index in [-0.39, 0.29) is 5.69 Å². The number of rotatable bonds is 7. The molecule has 3 N–H and O–H groups in total. The summed E-state index contributed by atoms with van der Waals surface area (Å²) in [6.45, 7) is 0. The molecule has 11 heteroatoms. The lowest BCUT2D eigenvalue weighted by molar-refractivity contribution is 0.262. The first-order valence-corrected chi connectivity index (χ1v) is 12.2. The summed E-state index contributed by atoms with van der Waals surface area (Å²) in [5, 5.41) is 5.86. The van der Waals surface area contributed by atoms with Crippen LogP contribution in [0, 0.1) is 5.82 Å². The van der Waals surface area contributed by atoms with Crippen LogP contribution < -0.4 is 24.8 Å². The fourth-order valence-corrected chi connectivity index (χ4v) is 3.80. The van der Waals surface area contributed by atoms with Crippen LogP contribution in [0.3, 0.4) is 0 Å². The molecule has 4 rings (SSSR count). The molecule has 0 saturated heterocycles. The number of methoxy groups -OCH3 is 1. The molecule has 0 spiro atoms. The number of ether oxygens (including phenoxy) is 2. The van der Waals surface area contributed by atoms with Gasteiger partial charge in [-0.1, -0.05) is 0 Å². The molecule has 0 bridgehead atoms. The van der Waals surface area contributed by atoms with Crippen LogP contribution in [0.25, 0.3) is 10.9 Å². The standard InChI is InChI=1S/C24H21FN4O5S/c1-33-23-14-20-19(13-21(23)29-35(2,31)32)22(11-12-26-20)34-18-9-7-17(8-10-18)28-24(30)27-16-5-3-15(25)4-6-16/h3-14,29H,1-2H3,(H2,27,28,30). The molecular weight excluding hydrogens is 475 g/mol. The Morgan fingerprint density at radius 3 is 2.14 bits per heavy atom. The van der Waals surface area contributed by atoms with Gasteiger partial charge in [0.05, 0.1) is 24.6 Å². The Hall–Kier alpha value is -4.38. The maximum atomic E-state index is 13.0. The number of sulfonamides is 1.